The van der Waals surface area contributed by atoms with Crippen molar-refractivity contribution in [1.29, 1.82) is 5.41 Å². The average molecular weight is 239 g/mol. The second kappa shape index (κ2) is 5.16. The van der Waals surface area contributed by atoms with Gasteiger partial charge in [-0.2, -0.15) is 13.2 Å². The van der Waals surface area contributed by atoms with Crippen LogP contribution in [0, 0.1) is 5.41 Å². The Morgan fingerprint density at radius 3 is 2.24 bits per heavy atom. The summed E-state index contributed by atoms with van der Waals surface area (Å²) >= 11 is 0. The van der Waals surface area contributed by atoms with Crippen molar-refractivity contribution in [2.75, 3.05) is 0 Å². The quantitative estimate of drug-likeness (QED) is 0.487. The maximum Gasteiger partial charge on any atom is 0.389 e. The molecule has 2 nitrogen and oxygen atoms in total. The zero-order valence-corrected chi connectivity index (χ0v) is 8.84. The third-order valence-corrected chi connectivity index (χ3v) is 2.11. The van der Waals surface area contributed by atoms with Crippen molar-refractivity contribution in [2.24, 2.45) is 0 Å². The van der Waals surface area contributed by atoms with E-state index in [1.807, 2.05) is 0 Å². The summed E-state index contributed by atoms with van der Waals surface area (Å²) in [6.45, 7) is 0. The number of hydrogen-bond acceptors (Lipinski definition) is 2. The first-order valence-electron chi connectivity index (χ1n) is 4.84. The van der Waals surface area contributed by atoms with Crippen LogP contribution in [0.1, 0.15) is 23.2 Å². The second-order valence-corrected chi connectivity index (χ2v) is 3.54. The minimum absolute atomic E-state index is 0.173. The van der Waals surface area contributed by atoms with E-state index in [4.69, 9.17) is 13.3 Å². The fraction of sp³-hybridized carbons (Fsp3) is 0.273. The molecular weight excluding hydrogens is 230 g/mol. The number of nitrogens with one attached hydrogen (secondary N) is 1. The number of alkyl halides is 3. The minimum atomic E-state index is -4.35. The highest BCUT2D eigenvalue weighted by atomic mass is 19.4. The van der Waals surface area contributed by atoms with Crippen LogP contribution in [0.15, 0.2) is 24.3 Å². The Kier molecular flexibility index (Phi) is 4.09. The molecule has 1 aromatic rings. The lowest BCUT2D eigenvalue weighted by Gasteiger charge is -2.06. The normalized spacial score (nSPS) is 11.2. The van der Waals surface area contributed by atoms with Gasteiger partial charge in [-0.15, -0.1) is 0 Å². The third-order valence-electron chi connectivity index (χ3n) is 2.11. The summed E-state index contributed by atoms with van der Waals surface area (Å²) in [6, 6.07) is 5.70. The molecule has 0 spiro atoms. The van der Waals surface area contributed by atoms with Gasteiger partial charge in [0.2, 0.25) is 5.78 Å². The highest BCUT2D eigenvalue weighted by molar-refractivity contribution is 6.45. The Labute approximate surface area is 97.8 Å². The van der Waals surface area contributed by atoms with E-state index in [2.05, 4.69) is 0 Å². The van der Waals surface area contributed by atoms with Gasteiger partial charge >= 0.3 is 6.18 Å². The lowest BCUT2D eigenvalue weighted by atomic mass is 9.93. The maximum atomic E-state index is 11.9. The van der Waals surface area contributed by atoms with Crippen molar-refractivity contribution in [1.82, 2.24) is 0 Å². The van der Waals surface area contributed by atoms with E-state index in [9.17, 15) is 18.0 Å². The van der Waals surface area contributed by atoms with Crippen LogP contribution in [-0.2, 0) is 0 Å². The van der Waals surface area contributed by atoms with E-state index in [0.29, 0.717) is 5.46 Å². The summed E-state index contributed by atoms with van der Waals surface area (Å²) in [7, 11) is 5.40. The molecule has 2 radical (unpaired) electrons. The molecule has 17 heavy (non-hydrogen) atoms. The van der Waals surface area contributed by atoms with Gasteiger partial charge in [-0.3, -0.25) is 4.79 Å². The zero-order valence-electron chi connectivity index (χ0n) is 8.84. The predicted octanol–water partition coefficient (Wildman–Crippen LogP) is 2.03. The van der Waals surface area contributed by atoms with Gasteiger partial charge in [-0.25, -0.2) is 0 Å². The Hall–Kier alpha value is -1.59. The van der Waals surface area contributed by atoms with Crippen LogP contribution in [0.2, 0.25) is 0 Å². The standard InChI is InChI=1S/C11H9BF3NO/c12-8-3-1-7(2-4-8)10(17)9(16)5-6-11(13,14)15/h1-4,16H,5-6H2. The molecule has 6 heteroatoms. The van der Waals surface area contributed by atoms with E-state index in [1.54, 1.807) is 0 Å². The molecule has 0 saturated heterocycles. The Balaban J connectivity index is 2.64. The third kappa shape index (κ3) is 4.42. The molecule has 0 amide bonds. The number of halogens is 3. The van der Waals surface area contributed by atoms with Crippen molar-refractivity contribution in [3.63, 3.8) is 0 Å². The summed E-state index contributed by atoms with van der Waals surface area (Å²) in [6.07, 6.45) is -6.12. The minimum Gasteiger partial charge on any atom is -0.301 e. The van der Waals surface area contributed by atoms with Gasteiger partial charge in [0.1, 0.15) is 7.85 Å². The molecule has 1 aromatic carbocycles. The van der Waals surface area contributed by atoms with Crippen LogP contribution in [0.5, 0.6) is 0 Å². The van der Waals surface area contributed by atoms with E-state index in [-0.39, 0.29) is 5.56 Å². The Morgan fingerprint density at radius 2 is 1.76 bits per heavy atom. The molecule has 0 aliphatic carbocycles. The lowest BCUT2D eigenvalue weighted by Crippen LogP contribution is -2.18. The van der Waals surface area contributed by atoms with Crippen molar-refractivity contribution in [3.05, 3.63) is 29.8 Å². The zero-order chi connectivity index (χ0) is 13.1. The lowest BCUT2D eigenvalue weighted by molar-refractivity contribution is -0.132. The van der Waals surface area contributed by atoms with Crippen LogP contribution in [0.25, 0.3) is 0 Å². The van der Waals surface area contributed by atoms with Crippen molar-refractivity contribution in [2.45, 2.75) is 19.0 Å². The summed E-state index contributed by atoms with van der Waals surface area (Å²) in [5.41, 5.74) is 0.0712. The molecule has 0 unspecified atom stereocenters. The second-order valence-electron chi connectivity index (χ2n) is 3.54. The van der Waals surface area contributed by atoms with Gasteiger partial charge < -0.3 is 5.41 Å². The predicted molar refractivity (Wildman–Crippen MR) is 59.2 cm³/mol. The Morgan fingerprint density at radius 1 is 1.24 bits per heavy atom. The summed E-state index contributed by atoms with van der Waals surface area (Å²) in [5, 5.41) is 7.28. The van der Waals surface area contributed by atoms with Crippen molar-refractivity contribution < 1.29 is 18.0 Å². The molecule has 1 N–H and O–H groups in total. The molecule has 0 aromatic heterocycles. The number of benzene rings is 1. The molecule has 0 heterocycles. The van der Waals surface area contributed by atoms with Crippen LogP contribution >= 0.6 is 0 Å². The number of rotatable bonds is 4. The highest BCUT2D eigenvalue weighted by Gasteiger charge is 2.28. The fourth-order valence-electron chi connectivity index (χ4n) is 1.19. The van der Waals surface area contributed by atoms with E-state index in [0.717, 1.165) is 0 Å². The van der Waals surface area contributed by atoms with Crippen LogP contribution in [-0.4, -0.2) is 25.5 Å². The topological polar surface area (TPSA) is 40.9 Å². The van der Waals surface area contributed by atoms with Gasteiger partial charge in [0.15, 0.2) is 0 Å². The molecule has 0 fully saturated rings. The fourth-order valence-corrected chi connectivity index (χ4v) is 1.19. The molecule has 0 atom stereocenters. The molecule has 0 saturated carbocycles. The van der Waals surface area contributed by atoms with E-state index in [1.165, 1.54) is 24.3 Å². The van der Waals surface area contributed by atoms with Crippen LogP contribution in [0.4, 0.5) is 13.2 Å². The largest absolute Gasteiger partial charge is 0.389 e. The van der Waals surface area contributed by atoms with Gasteiger partial charge in [-0.1, -0.05) is 29.7 Å². The summed E-state index contributed by atoms with van der Waals surface area (Å²) in [4.78, 5) is 11.5. The monoisotopic (exact) mass is 239 g/mol. The number of ketones is 1. The molecule has 0 bridgehead atoms. The number of Topliss-reactive ketones (excluding diaryl/α,β-unsaturated/α-hetero) is 1. The van der Waals surface area contributed by atoms with Crippen molar-refractivity contribution >= 4 is 24.8 Å². The average Bonchev–Trinajstić information content (AvgIpc) is 2.25. The number of hydrogen-bond donors (Lipinski definition) is 1. The molecule has 0 aliphatic rings. The summed E-state index contributed by atoms with van der Waals surface area (Å²) in [5.74, 6) is -0.700. The Bertz CT molecular complexity index is 425. The molecular formula is C11H9BF3NO. The molecule has 1 rings (SSSR count). The maximum absolute atomic E-state index is 11.9. The van der Waals surface area contributed by atoms with Gasteiger partial charge in [0.25, 0.3) is 0 Å². The van der Waals surface area contributed by atoms with Gasteiger partial charge in [0, 0.05) is 18.4 Å². The van der Waals surface area contributed by atoms with Crippen molar-refractivity contribution in [3.8, 4) is 0 Å². The first-order valence-corrected chi connectivity index (χ1v) is 4.84. The SMILES string of the molecule is [B]c1ccc(C(=O)C(=N)CCC(F)(F)F)cc1. The smallest absolute Gasteiger partial charge is 0.301 e. The first-order chi connectivity index (χ1) is 7.79. The van der Waals surface area contributed by atoms with Crippen LogP contribution in [0.3, 0.4) is 0 Å². The van der Waals surface area contributed by atoms with Gasteiger partial charge in [0.05, 0.1) is 5.71 Å². The summed E-state index contributed by atoms with van der Waals surface area (Å²) < 4.78 is 35.7. The van der Waals surface area contributed by atoms with E-state index < -0.39 is 30.5 Å². The van der Waals surface area contributed by atoms with Gasteiger partial charge in [-0.05, 0) is 0 Å². The molecule has 88 valence electrons. The highest BCUT2D eigenvalue weighted by Crippen LogP contribution is 2.21. The number of carbonyl (C=O) groups excluding carboxylic acids is 1. The van der Waals surface area contributed by atoms with Crippen LogP contribution < -0.4 is 5.46 Å². The van der Waals surface area contributed by atoms with E-state index >= 15 is 0 Å². The molecule has 0 aliphatic heterocycles. The first kappa shape index (κ1) is 13.5. The number of carbonyl (C=O) groups is 1.